The van der Waals surface area contributed by atoms with Gasteiger partial charge in [0.2, 0.25) is 5.79 Å². The first-order valence-electron chi connectivity index (χ1n) is 23.9. The first kappa shape index (κ1) is 53.3. The van der Waals surface area contributed by atoms with Crippen molar-refractivity contribution >= 4 is 29.2 Å². The van der Waals surface area contributed by atoms with E-state index < -0.39 is 77.8 Å². The number of piperidine rings is 1. The number of aliphatic hydroxyl groups is 4. The number of amides is 1. The Hall–Kier alpha value is -3.33. The second kappa shape index (κ2) is 24.4. The fourth-order valence-electron chi connectivity index (χ4n) is 10.3. The molecule has 13 heteroatoms. The van der Waals surface area contributed by atoms with Crippen LogP contribution < -0.4 is 0 Å². The summed E-state index contributed by atoms with van der Waals surface area (Å²) in [5, 5.41) is 43.6. The van der Waals surface area contributed by atoms with Crippen molar-refractivity contribution in [2.75, 3.05) is 20.3 Å². The summed E-state index contributed by atoms with van der Waals surface area (Å²) in [6, 6.07) is -1.14. The Labute approximate surface area is 381 Å². The number of allylic oxidation sites excluding steroid dienone is 6. The average Bonchev–Trinajstić information content (AvgIpc) is 3.27. The second-order valence-corrected chi connectivity index (χ2v) is 19.9. The molecule has 0 aromatic heterocycles. The lowest BCUT2D eigenvalue weighted by Crippen LogP contribution is -2.61. The molecule has 3 aliphatic heterocycles. The summed E-state index contributed by atoms with van der Waals surface area (Å²) < 4.78 is 18.2. The van der Waals surface area contributed by atoms with E-state index in [1.54, 1.807) is 40.9 Å². The normalized spacial score (nSPS) is 39.5. The molecule has 15 atom stereocenters. The SMILES string of the molecule is CO[C@H]1C[C@@H]2CC[C@@H](C)[C@@](O)(O2)C(=O)C(=O)N2CCCC[C@H]2C(=O)O[C@H]([C@H](C)C[C@@H]2CC[C@@H](O)[C@H](CO)C2)CC(=O)[C@H](C)/C=C(\C)[C@@H](O)[C@@H](C)C(=O)[C@H](C)C[C@H](C)/C=C/C=CC=C1C. The van der Waals surface area contributed by atoms with E-state index in [2.05, 4.69) is 0 Å². The van der Waals surface area contributed by atoms with E-state index >= 15 is 0 Å². The van der Waals surface area contributed by atoms with Crippen molar-refractivity contribution < 1.29 is 58.6 Å². The van der Waals surface area contributed by atoms with Crippen LogP contribution in [0, 0.1) is 47.3 Å². The van der Waals surface area contributed by atoms with Gasteiger partial charge >= 0.3 is 5.97 Å². The van der Waals surface area contributed by atoms with Crippen molar-refractivity contribution in [3.8, 4) is 0 Å². The zero-order valence-electron chi connectivity index (χ0n) is 39.9. The number of nitrogens with zero attached hydrogens (tertiary/aromatic N) is 1. The first-order valence-corrected chi connectivity index (χ1v) is 23.9. The van der Waals surface area contributed by atoms with Crippen LogP contribution in [0.25, 0.3) is 0 Å². The van der Waals surface area contributed by atoms with Gasteiger partial charge in [-0.2, -0.15) is 0 Å². The van der Waals surface area contributed by atoms with E-state index in [1.807, 2.05) is 58.1 Å². The van der Waals surface area contributed by atoms with Gasteiger partial charge in [0.25, 0.3) is 11.7 Å². The van der Waals surface area contributed by atoms with Crippen LogP contribution in [0.2, 0.25) is 0 Å². The molecule has 13 nitrogen and oxygen atoms in total. The Morgan fingerprint density at radius 3 is 2.30 bits per heavy atom. The lowest BCUT2D eigenvalue weighted by Gasteiger charge is -2.42. The summed E-state index contributed by atoms with van der Waals surface area (Å²) in [7, 11) is 1.58. The number of esters is 1. The summed E-state index contributed by atoms with van der Waals surface area (Å²) >= 11 is 0. The Kier molecular flexibility index (Phi) is 20.4. The molecule has 0 aromatic carbocycles. The standard InChI is InChI=1S/C51H79NO12/c1-30-15-11-10-12-16-31(2)44(62-9)27-40-20-18-36(7)51(61,64-40)48(58)49(59)52-22-14-13-17-41(52)50(60)63-45(33(4)25-38-19-21-42(54)39(26-38)29-53)28-43(55)32(3)24-35(6)47(57)37(8)46(56)34(5)23-30/h10-12,15-16,24,30,32-34,36-42,44-45,47,53-54,57,61H,13-14,17-23,25-29H2,1-9H3/b12-10?,15-11+,31-16?,35-24+/t30-,32-,33-,34-,36-,37+,38+,39+,40+,41+,42-,44+,45+,47-,51-/m1/s1. The average molecular weight is 898 g/mol. The van der Waals surface area contributed by atoms with Crippen LogP contribution in [0.1, 0.15) is 132 Å². The second-order valence-electron chi connectivity index (χ2n) is 19.9. The van der Waals surface area contributed by atoms with Gasteiger partial charge in [0.05, 0.1) is 24.4 Å². The number of carbonyl (C=O) groups is 5. The van der Waals surface area contributed by atoms with E-state index in [0.29, 0.717) is 69.8 Å². The lowest BCUT2D eigenvalue weighted by atomic mass is 9.75. The van der Waals surface area contributed by atoms with Gasteiger partial charge in [-0.05, 0) is 107 Å². The number of hydrogen-bond donors (Lipinski definition) is 4. The Bertz CT molecular complexity index is 1740. The molecule has 2 saturated heterocycles. The van der Waals surface area contributed by atoms with Crippen molar-refractivity contribution in [1.29, 1.82) is 0 Å². The minimum Gasteiger partial charge on any atom is -0.460 e. The van der Waals surface area contributed by atoms with Gasteiger partial charge in [-0.25, -0.2) is 4.79 Å². The Morgan fingerprint density at radius 2 is 1.61 bits per heavy atom. The molecular formula is C51H79NO12. The fourth-order valence-corrected chi connectivity index (χ4v) is 10.3. The third kappa shape index (κ3) is 13.9. The lowest BCUT2D eigenvalue weighted by molar-refractivity contribution is -0.265. The van der Waals surface area contributed by atoms with Crippen LogP contribution in [0.3, 0.4) is 0 Å². The molecule has 0 aromatic rings. The highest BCUT2D eigenvalue weighted by atomic mass is 16.6. The molecule has 1 amide bonds. The maximum absolute atomic E-state index is 14.3. The van der Waals surface area contributed by atoms with Gasteiger partial charge in [0.1, 0.15) is 23.7 Å². The van der Waals surface area contributed by atoms with Crippen LogP contribution in [-0.4, -0.2) is 117 Å². The molecule has 1 saturated carbocycles. The number of rotatable bonds is 5. The third-order valence-corrected chi connectivity index (χ3v) is 14.7. The molecule has 4 rings (SSSR count). The summed E-state index contributed by atoms with van der Waals surface area (Å²) in [5.74, 6) is -8.57. The van der Waals surface area contributed by atoms with Gasteiger partial charge in [-0.15, -0.1) is 0 Å². The number of fused-ring (bicyclic) bond motifs is 3. The highest BCUT2D eigenvalue weighted by Crippen LogP contribution is 2.38. The molecule has 360 valence electrons. The van der Waals surface area contributed by atoms with Crippen LogP contribution >= 0.6 is 0 Å². The maximum atomic E-state index is 14.3. The van der Waals surface area contributed by atoms with E-state index in [-0.39, 0.29) is 67.1 Å². The molecule has 0 spiro atoms. The molecule has 64 heavy (non-hydrogen) atoms. The smallest absolute Gasteiger partial charge is 0.329 e. The van der Waals surface area contributed by atoms with Crippen molar-refractivity contribution in [3.63, 3.8) is 0 Å². The number of ketones is 3. The number of aliphatic hydroxyl groups excluding tert-OH is 3. The zero-order valence-corrected chi connectivity index (χ0v) is 39.9. The summed E-state index contributed by atoms with van der Waals surface area (Å²) in [5.41, 5.74) is 1.37. The molecular weight excluding hydrogens is 819 g/mol. The quantitative estimate of drug-likeness (QED) is 0.135. The van der Waals surface area contributed by atoms with E-state index in [4.69, 9.17) is 14.2 Å². The predicted molar refractivity (Wildman–Crippen MR) is 243 cm³/mol. The number of ether oxygens (including phenoxy) is 3. The van der Waals surface area contributed by atoms with Crippen molar-refractivity contribution in [2.24, 2.45) is 47.3 Å². The third-order valence-electron chi connectivity index (χ3n) is 14.7. The minimum atomic E-state index is -2.43. The van der Waals surface area contributed by atoms with Gasteiger partial charge in [-0.1, -0.05) is 78.0 Å². The zero-order chi connectivity index (χ0) is 47.5. The molecule has 2 bridgehead atoms. The van der Waals surface area contributed by atoms with Crippen LogP contribution in [0.4, 0.5) is 0 Å². The maximum Gasteiger partial charge on any atom is 0.329 e. The topological polar surface area (TPSA) is 197 Å². The van der Waals surface area contributed by atoms with Crippen molar-refractivity contribution in [2.45, 2.75) is 175 Å². The van der Waals surface area contributed by atoms with Crippen molar-refractivity contribution in [3.05, 3.63) is 47.6 Å². The molecule has 1 aliphatic carbocycles. The summed E-state index contributed by atoms with van der Waals surface area (Å²) in [4.78, 5) is 71.5. The Morgan fingerprint density at radius 1 is 0.891 bits per heavy atom. The molecule has 0 radical (unpaired) electrons. The van der Waals surface area contributed by atoms with Crippen LogP contribution in [0.15, 0.2) is 47.6 Å². The molecule has 4 aliphatic rings. The van der Waals surface area contributed by atoms with E-state index in [0.717, 1.165) is 5.57 Å². The summed E-state index contributed by atoms with van der Waals surface area (Å²) in [6.07, 6.45) is 13.0. The number of methoxy groups -OCH3 is 1. The monoisotopic (exact) mass is 898 g/mol. The highest BCUT2D eigenvalue weighted by Gasteiger charge is 2.53. The molecule has 3 heterocycles. The highest BCUT2D eigenvalue weighted by molar-refractivity contribution is 6.39. The molecule has 0 unspecified atom stereocenters. The molecule has 3 fully saturated rings. The number of cyclic esters (lactones) is 1. The largest absolute Gasteiger partial charge is 0.460 e. The molecule has 4 N–H and O–H groups in total. The van der Waals surface area contributed by atoms with E-state index in [9.17, 15) is 44.4 Å². The van der Waals surface area contributed by atoms with Gasteiger partial charge in [-0.3, -0.25) is 19.2 Å². The Balaban J connectivity index is 1.69. The fraction of sp³-hybridized carbons (Fsp3) is 0.745. The number of carbonyl (C=O) groups excluding carboxylic acids is 5. The summed E-state index contributed by atoms with van der Waals surface area (Å²) in [6.45, 7) is 14.4. The van der Waals surface area contributed by atoms with Gasteiger partial charge < -0.3 is 39.5 Å². The van der Waals surface area contributed by atoms with Crippen LogP contribution in [-0.2, 0) is 38.2 Å². The van der Waals surface area contributed by atoms with Gasteiger partial charge in [0, 0.05) is 62.7 Å². The predicted octanol–water partition coefficient (Wildman–Crippen LogP) is 6.40. The van der Waals surface area contributed by atoms with Crippen molar-refractivity contribution in [1.82, 2.24) is 4.90 Å². The first-order chi connectivity index (χ1) is 30.2. The number of hydrogen-bond acceptors (Lipinski definition) is 12. The number of Topliss-reactive ketones (excluding diaryl/α,β-unsaturated/α-hetero) is 3. The van der Waals surface area contributed by atoms with Gasteiger partial charge in [0.15, 0.2) is 0 Å². The van der Waals surface area contributed by atoms with E-state index in [1.165, 1.54) is 4.90 Å². The minimum absolute atomic E-state index is 0.0697. The van der Waals surface area contributed by atoms with Crippen LogP contribution in [0.5, 0.6) is 0 Å².